The summed E-state index contributed by atoms with van der Waals surface area (Å²) >= 11 is 0. The van der Waals surface area contributed by atoms with Gasteiger partial charge in [0.05, 0.1) is 5.56 Å². The van der Waals surface area contributed by atoms with Crippen LogP contribution in [0, 0.1) is 12.8 Å². The zero-order valence-corrected chi connectivity index (χ0v) is 14.2. The van der Waals surface area contributed by atoms with E-state index in [1.807, 2.05) is 19.1 Å². The van der Waals surface area contributed by atoms with E-state index in [2.05, 4.69) is 39.9 Å². The van der Waals surface area contributed by atoms with E-state index >= 15 is 0 Å². The zero-order valence-electron chi connectivity index (χ0n) is 14.2. The van der Waals surface area contributed by atoms with Crippen LogP contribution in [0.15, 0.2) is 48.8 Å². The summed E-state index contributed by atoms with van der Waals surface area (Å²) in [5.41, 5.74) is 2.85. The lowest BCUT2D eigenvalue weighted by Crippen LogP contribution is -2.38. The molecule has 1 amide bonds. The van der Waals surface area contributed by atoms with Gasteiger partial charge in [-0.05, 0) is 62.3 Å². The number of nitrogens with zero attached hydrogens (tertiary/aromatic N) is 1. The van der Waals surface area contributed by atoms with Gasteiger partial charge in [-0.3, -0.25) is 9.78 Å². The summed E-state index contributed by atoms with van der Waals surface area (Å²) in [6, 6.07) is 12.5. The van der Waals surface area contributed by atoms with Crippen LogP contribution in [-0.2, 0) is 0 Å². The molecule has 0 spiro atoms. The van der Waals surface area contributed by atoms with Gasteiger partial charge in [0, 0.05) is 30.7 Å². The van der Waals surface area contributed by atoms with Gasteiger partial charge in [-0.15, -0.1) is 0 Å². The predicted octanol–water partition coefficient (Wildman–Crippen LogP) is 3.79. The average Bonchev–Trinajstić information content (AvgIpc) is 2.62. The van der Waals surface area contributed by atoms with E-state index in [4.69, 9.17) is 0 Å². The average molecular weight is 323 g/mol. The molecule has 1 saturated carbocycles. The molecule has 0 bridgehead atoms. The van der Waals surface area contributed by atoms with E-state index in [0.29, 0.717) is 11.5 Å². The van der Waals surface area contributed by atoms with E-state index in [1.165, 1.54) is 5.69 Å². The number of hydrogen-bond donors (Lipinski definition) is 2. The maximum Gasteiger partial charge on any atom is 0.253 e. The summed E-state index contributed by atoms with van der Waals surface area (Å²) < 4.78 is 0. The summed E-state index contributed by atoms with van der Waals surface area (Å²) in [5, 5.41) is 6.66. The van der Waals surface area contributed by atoms with Crippen molar-refractivity contribution in [2.75, 3.05) is 11.9 Å². The Bertz CT molecular complexity index is 664. The molecule has 0 aliphatic heterocycles. The topological polar surface area (TPSA) is 54.0 Å². The van der Waals surface area contributed by atoms with Crippen LogP contribution in [0.5, 0.6) is 0 Å². The molecule has 2 aromatic rings. The number of aryl methyl sites for hydroxylation is 1. The Morgan fingerprint density at radius 1 is 1.12 bits per heavy atom. The maximum absolute atomic E-state index is 12.3. The molecule has 1 aromatic carbocycles. The normalized spacial score (nSPS) is 20.4. The number of nitrogens with one attached hydrogen (secondary N) is 2. The molecule has 4 nitrogen and oxygen atoms in total. The lowest BCUT2D eigenvalue weighted by molar-refractivity contribution is 0.0922. The molecule has 24 heavy (non-hydrogen) atoms. The molecule has 1 heterocycles. The number of carbonyl (C=O) groups excluding carboxylic acids is 1. The minimum absolute atomic E-state index is 0.00272. The number of benzene rings is 1. The Labute approximate surface area is 143 Å². The monoisotopic (exact) mass is 323 g/mol. The lowest BCUT2D eigenvalue weighted by Gasteiger charge is -2.29. The summed E-state index contributed by atoms with van der Waals surface area (Å²) in [7, 11) is 0. The summed E-state index contributed by atoms with van der Waals surface area (Å²) in [4.78, 5) is 16.4. The highest BCUT2D eigenvalue weighted by molar-refractivity contribution is 5.94. The predicted molar refractivity (Wildman–Crippen MR) is 97.1 cm³/mol. The van der Waals surface area contributed by atoms with Crippen molar-refractivity contribution in [2.24, 2.45) is 5.92 Å². The quantitative estimate of drug-likeness (QED) is 0.880. The Morgan fingerprint density at radius 2 is 1.88 bits per heavy atom. The molecular weight excluding hydrogens is 298 g/mol. The van der Waals surface area contributed by atoms with E-state index in [1.54, 1.807) is 12.4 Å². The number of pyridine rings is 1. The van der Waals surface area contributed by atoms with Crippen LogP contribution in [-0.4, -0.2) is 23.5 Å². The number of rotatable bonds is 5. The van der Waals surface area contributed by atoms with Gasteiger partial charge >= 0.3 is 0 Å². The van der Waals surface area contributed by atoms with Gasteiger partial charge < -0.3 is 10.6 Å². The Balaban J connectivity index is 1.43. The largest absolute Gasteiger partial charge is 0.385 e. The fraction of sp³-hybridized carbons (Fsp3) is 0.400. The second-order valence-electron chi connectivity index (χ2n) is 6.69. The molecule has 3 rings (SSSR count). The van der Waals surface area contributed by atoms with E-state index in [-0.39, 0.29) is 11.9 Å². The molecule has 1 aliphatic carbocycles. The molecule has 2 N–H and O–H groups in total. The Kier molecular flexibility index (Phi) is 5.47. The third-order valence-electron chi connectivity index (χ3n) is 4.69. The van der Waals surface area contributed by atoms with Gasteiger partial charge in [-0.1, -0.05) is 18.2 Å². The maximum atomic E-state index is 12.3. The van der Waals surface area contributed by atoms with E-state index < -0.39 is 0 Å². The first kappa shape index (κ1) is 16.5. The summed E-state index contributed by atoms with van der Waals surface area (Å²) in [5.74, 6) is 0.677. The molecule has 1 aliphatic rings. The molecule has 1 fully saturated rings. The first-order valence-corrected chi connectivity index (χ1v) is 8.72. The molecule has 0 unspecified atom stereocenters. The molecule has 0 radical (unpaired) electrons. The van der Waals surface area contributed by atoms with Crippen LogP contribution in [0.3, 0.4) is 0 Å². The van der Waals surface area contributed by atoms with Crippen molar-refractivity contribution >= 4 is 11.6 Å². The number of carbonyl (C=O) groups is 1. The molecule has 0 saturated heterocycles. The van der Waals surface area contributed by atoms with Crippen LogP contribution in [0.1, 0.15) is 41.6 Å². The number of amides is 1. The van der Waals surface area contributed by atoms with Gasteiger partial charge in [0.15, 0.2) is 0 Å². The SMILES string of the molecule is Cc1cncc(C(=O)N[C@H]2CC[C@H](CNc3ccccc3)CC2)c1. The standard InChI is InChI=1S/C20H25N3O/c1-15-11-17(14-21-12-15)20(24)23-19-9-7-16(8-10-19)13-22-18-5-3-2-4-6-18/h2-6,11-12,14,16,19,22H,7-10,13H2,1H3,(H,23,24)/t16-,19-. The van der Waals surface area contributed by atoms with Crippen LogP contribution in [0.4, 0.5) is 5.69 Å². The fourth-order valence-corrected chi connectivity index (χ4v) is 3.28. The highest BCUT2D eigenvalue weighted by Crippen LogP contribution is 2.25. The molecular formula is C20H25N3O. The van der Waals surface area contributed by atoms with Crippen molar-refractivity contribution in [3.8, 4) is 0 Å². The van der Waals surface area contributed by atoms with E-state index in [9.17, 15) is 4.79 Å². The van der Waals surface area contributed by atoms with Crippen LogP contribution >= 0.6 is 0 Å². The first-order chi connectivity index (χ1) is 11.7. The number of anilines is 1. The zero-order chi connectivity index (χ0) is 16.8. The third kappa shape index (κ3) is 4.57. The smallest absolute Gasteiger partial charge is 0.253 e. The first-order valence-electron chi connectivity index (χ1n) is 8.72. The second-order valence-corrected chi connectivity index (χ2v) is 6.69. The molecule has 1 aromatic heterocycles. The van der Waals surface area contributed by atoms with Crippen molar-refractivity contribution in [1.29, 1.82) is 0 Å². The highest BCUT2D eigenvalue weighted by Gasteiger charge is 2.22. The third-order valence-corrected chi connectivity index (χ3v) is 4.69. The van der Waals surface area contributed by atoms with Crippen LogP contribution < -0.4 is 10.6 Å². The number of hydrogen-bond acceptors (Lipinski definition) is 3. The van der Waals surface area contributed by atoms with Crippen molar-refractivity contribution in [1.82, 2.24) is 10.3 Å². The fourth-order valence-electron chi connectivity index (χ4n) is 3.28. The van der Waals surface area contributed by atoms with Gasteiger partial charge in [0.2, 0.25) is 0 Å². The summed E-state index contributed by atoms with van der Waals surface area (Å²) in [6.45, 7) is 2.96. The van der Waals surface area contributed by atoms with Gasteiger partial charge in [0.1, 0.15) is 0 Å². The van der Waals surface area contributed by atoms with Crippen molar-refractivity contribution in [3.63, 3.8) is 0 Å². The van der Waals surface area contributed by atoms with Crippen molar-refractivity contribution in [3.05, 3.63) is 59.9 Å². The summed E-state index contributed by atoms with van der Waals surface area (Å²) in [6.07, 6.45) is 7.80. The van der Waals surface area contributed by atoms with Gasteiger partial charge in [-0.2, -0.15) is 0 Å². The molecule has 0 atom stereocenters. The van der Waals surface area contributed by atoms with Gasteiger partial charge in [-0.25, -0.2) is 0 Å². The molecule has 4 heteroatoms. The van der Waals surface area contributed by atoms with Crippen LogP contribution in [0.25, 0.3) is 0 Å². The number of para-hydroxylation sites is 1. The minimum Gasteiger partial charge on any atom is -0.385 e. The number of aromatic nitrogens is 1. The van der Waals surface area contributed by atoms with Gasteiger partial charge in [0.25, 0.3) is 5.91 Å². The minimum atomic E-state index is -0.00272. The molecule has 126 valence electrons. The lowest BCUT2D eigenvalue weighted by atomic mass is 9.86. The Hall–Kier alpha value is -2.36. The highest BCUT2D eigenvalue weighted by atomic mass is 16.1. The second kappa shape index (κ2) is 7.95. The van der Waals surface area contributed by atoms with Crippen LogP contribution in [0.2, 0.25) is 0 Å². The van der Waals surface area contributed by atoms with E-state index in [0.717, 1.165) is 37.8 Å². The van der Waals surface area contributed by atoms with Crippen molar-refractivity contribution in [2.45, 2.75) is 38.6 Å². The Morgan fingerprint density at radius 3 is 2.58 bits per heavy atom. The van der Waals surface area contributed by atoms with Crippen molar-refractivity contribution < 1.29 is 4.79 Å².